The Kier molecular flexibility index (Phi) is 8.71. The summed E-state index contributed by atoms with van der Waals surface area (Å²) >= 11 is 0. The molecule has 4 aromatic rings. The van der Waals surface area contributed by atoms with Crippen molar-refractivity contribution in [1.29, 1.82) is 0 Å². The predicted molar refractivity (Wildman–Crippen MR) is 155 cm³/mol. The first kappa shape index (κ1) is 29.8. The highest BCUT2D eigenvalue weighted by molar-refractivity contribution is 6.76. The molecule has 0 N–H and O–H groups in total. The van der Waals surface area contributed by atoms with E-state index in [-0.39, 0.29) is 13.1 Å². The molecule has 0 spiro atoms. The first-order valence-corrected chi connectivity index (χ1v) is 17.6. The van der Waals surface area contributed by atoms with E-state index in [2.05, 4.69) is 29.7 Å². The van der Waals surface area contributed by atoms with Crippen LogP contribution in [-0.2, 0) is 22.8 Å². The maximum atomic E-state index is 12.7. The summed E-state index contributed by atoms with van der Waals surface area (Å²) in [5, 5.41) is 4.41. The molecule has 0 aliphatic carbocycles. The smallest absolute Gasteiger partial charge is 0.456 e. The fraction of sp³-hybridized carbons (Fsp3) is 0.414. The third kappa shape index (κ3) is 7.58. The first-order chi connectivity index (χ1) is 19.9. The van der Waals surface area contributed by atoms with Crippen molar-refractivity contribution in [2.75, 3.05) is 32.8 Å². The number of carbonyl (C=O) groups excluding carboxylic acids is 1. The van der Waals surface area contributed by atoms with Gasteiger partial charge in [-0.05, 0) is 48.5 Å². The SMILES string of the molecule is C[Si](C)(C)CCOCn1nccc1-c1ccc(Oc2ccc3nc(CN4CCN(C(=O)C(F)(F)F)CC4)cn3c2)cc1. The number of amides is 1. The zero-order chi connectivity index (χ0) is 29.9. The third-order valence-electron chi connectivity index (χ3n) is 7.07. The second kappa shape index (κ2) is 12.3. The van der Waals surface area contributed by atoms with Gasteiger partial charge in [-0.3, -0.25) is 9.69 Å². The van der Waals surface area contributed by atoms with Gasteiger partial charge in [0.2, 0.25) is 0 Å². The molecule has 1 aliphatic rings. The van der Waals surface area contributed by atoms with Crippen LogP contribution in [0, 0.1) is 0 Å². The lowest BCUT2D eigenvalue weighted by Crippen LogP contribution is -2.52. The molecule has 1 saturated heterocycles. The van der Waals surface area contributed by atoms with Crippen molar-refractivity contribution >= 4 is 19.6 Å². The quantitative estimate of drug-likeness (QED) is 0.177. The van der Waals surface area contributed by atoms with Gasteiger partial charge in [-0.25, -0.2) is 9.67 Å². The molecule has 1 aliphatic heterocycles. The van der Waals surface area contributed by atoms with Crippen LogP contribution in [0.2, 0.25) is 25.7 Å². The number of carbonyl (C=O) groups is 1. The fourth-order valence-electron chi connectivity index (χ4n) is 4.72. The van der Waals surface area contributed by atoms with Crippen LogP contribution < -0.4 is 4.74 Å². The van der Waals surface area contributed by atoms with Crippen molar-refractivity contribution in [2.45, 2.75) is 45.1 Å². The maximum Gasteiger partial charge on any atom is 0.471 e. The Balaban J connectivity index is 1.16. The van der Waals surface area contributed by atoms with Crippen molar-refractivity contribution < 1.29 is 27.4 Å². The highest BCUT2D eigenvalue weighted by Crippen LogP contribution is 2.27. The Morgan fingerprint density at radius 2 is 1.67 bits per heavy atom. The molecular weight excluding hydrogens is 565 g/mol. The van der Waals surface area contributed by atoms with Gasteiger partial charge < -0.3 is 18.8 Å². The lowest BCUT2D eigenvalue weighted by atomic mass is 10.1. The fourth-order valence-corrected chi connectivity index (χ4v) is 5.47. The van der Waals surface area contributed by atoms with Gasteiger partial charge in [-0.1, -0.05) is 19.6 Å². The Labute approximate surface area is 243 Å². The lowest BCUT2D eigenvalue weighted by molar-refractivity contribution is -0.187. The third-order valence-corrected chi connectivity index (χ3v) is 8.78. The molecule has 9 nitrogen and oxygen atoms in total. The van der Waals surface area contributed by atoms with E-state index in [9.17, 15) is 18.0 Å². The van der Waals surface area contributed by atoms with Crippen molar-refractivity contribution in [1.82, 2.24) is 29.0 Å². The molecule has 3 aromatic heterocycles. The predicted octanol–water partition coefficient (Wildman–Crippen LogP) is 5.51. The Hall–Kier alpha value is -3.68. The number of hydrogen-bond donors (Lipinski definition) is 0. The number of rotatable bonds is 10. The molecule has 13 heteroatoms. The van der Waals surface area contributed by atoms with Gasteiger partial charge in [-0.15, -0.1) is 0 Å². The summed E-state index contributed by atoms with van der Waals surface area (Å²) in [4.78, 5) is 18.9. The maximum absolute atomic E-state index is 12.7. The molecule has 0 atom stereocenters. The standard InChI is InChI=1S/C29H35F3N6O3Si/c1-42(2,3)17-16-40-21-38-26(10-11-33-38)22-4-6-24(7-5-22)41-25-8-9-27-34-23(19-37(27)20-25)18-35-12-14-36(15-13-35)28(39)29(30,31)32/h4-11,19-20H,12-18,21H2,1-3H3. The van der Waals surface area contributed by atoms with Crippen LogP contribution in [0.1, 0.15) is 5.69 Å². The second-order valence-corrected chi connectivity index (χ2v) is 17.2. The van der Waals surface area contributed by atoms with Crippen molar-refractivity contribution in [3.63, 3.8) is 0 Å². The Morgan fingerprint density at radius 1 is 0.952 bits per heavy atom. The van der Waals surface area contributed by atoms with Gasteiger partial charge in [0.1, 0.15) is 23.9 Å². The van der Waals surface area contributed by atoms with E-state index in [0.717, 1.165) is 40.1 Å². The number of aromatic nitrogens is 4. The molecule has 0 unspecified atom stereocenters. The van der Waals surface area contributed by atoms with Crippen LogP contribution in [0.5, 0.6) is 11.5 Å². The van der Waals surface area contributed by atoms with Gasteiger partial charge in [-0.2, -0.15) is 18.3 Å². The first-order valence-electron chi connectivity index (χ1n) is 13.9. The van der Waals surface area contributed by atoms with Gasteiger partial charge in [0.05, 0.1) is 17.6 Å². The van der Waals surface area contributed by atoms with Crippen molar-refractivity contribution in [3.8, 4) is 22.8 Å². The number of alkyl halides is 3. The molecular formula is C29H35F3N6O3Si. The monoisotopic (exact) mass is 600 g/mol. The van der Waals surface area contributed by atoms with Crippen LogP contribution >= 0.6 is 0 Å². The lowest BCUT2D eigenvalue weighted by Gasteiger charge is -2.34. The number of fused-ring (bicyclic) bond motifs is 1. The molecule has 0 saturated carbocycles. The number of piperazine rings is 1. The normalized spacial score (nSPS) is 15.0. The molecule has 1 amide bonds. The largest absolute Gasteiger partial charge is 0.471 e. The second-order valence-electron chi connectivity index (χ2n) is 11.6. The van der Waals surface area contributed by atoms with Crippen LogP contribution in [0.25, 0.3) is 16.9 Å². The Bertz CT molecular complexity index is 1510. The Morgan fingerprint density at radius 3 is 2.36 bits per heavy atom. The molecule has 4 heterocycles. The molecule has 0 radical (unpaired) electrons. The average Bonchev–Trinajstić information content (AvgIpc) is 3.57. The zero-order valence-corrected chi connectivity index (χ0v) is 25.0. The summed E-state index contributed by atoms with van der Waals surface area (Å²) < 4.78 is 53.8. The highest BCUT2D eigenvalue weighted by Gasteiger charge is 2.43. The minimum atomic E-state index is -4.84. The van der Waals surface area contributed by atoms with Crippen LogP contribution in [0.15, 0.2) is 61.1 Å². The van der Waals surface area contributed by atoms with E-state index < -0.39 is 20.2 Å². The molecule has 1 aromatic carbocycles. The van der Waals surface area contributed by atoms with E-state index in [4.69, 9.17) is 9.47 Å². The molecule has 0 bridgehead atoms. The van der Waals surface area contributed by atoms with Gasteiger partial charge in [0.15, 0.2) is 0 Å². The average molecular weight is 601 g/mol. The molecule has 224 valence electrons. The van der Waals surface area contributed by atoms with Crippen LogP contribution in [0.4, 0.5) is 13.2 Å². The minimum Gasteiger partial charge on any atom is -0.456 e. The van der Waals surface area contributed by atoms with Crippen LogP contribution in [0.3, 0.4) is 0 Å². The van der Waals surface area contributed by atoms with Crippen molar-refractivity contribution in [2.24, 2.45) is 0 Å². The number of halogens is 3. The summed E-state index contributed by atoms with van der Waals surface area (Å²) in [6, 6.07) is 14.6. The number of benzene rings is 1. The summed E-state index contributed by atoms with van der Waals surface area (Å²) in [5.74, 6) is -0.456. The van der Waals surface area contributed by atoms with Crippen molar-refractivity contribution in [3.05, 3.63) is 66.7 Å². The van der Waals surface area contributed by atoms with E-state index in [0.29, 0.717) is 37.9 Å². The molecule has 1 fully saturated rings. The summed E-state index contributed by atoms with van der Waals surface area (Å²) in [6.07, 6.45) is 0.653. The summed E-state index contributed by atoms with van der Waals surface area (Å²) in [5.41, 5.74) is 3.49. The summed E-state index contributed by atoms with van der Waals surface area (Å²) in [7, 11) is -1.14. The van der Waals surface area contributed by atoms with E-state index in [1.165, 1.54) is 0 Å². The van der Waals surface area contributed by atoms with Crippen LogP contribution in [-0.4, -0.2) is 81.9 Å². The highest BCUT2D eigenvalue weighted by atomic mass is 28.3. The summed E-state index contributed by atoms with van der Waals surface area (Å²) in [6.45, 7) is 9.39. The van der Waals surface area contributed by atoms with E-state index >= 15 is 0 Å². The molecule has 42 heavy (non-hydrogen) atoms. The number of imidazole rings is 1. The van der Waals surface area contributed by atoms with Gasteiger partial charge >= 0.3 is 12.1 Å². The number of hydrogen-bond acceptors (Lipinski definition) is 6. The van der Waals surface area contributed by atoms with Gasteiger partial charge in [0.25, 0.3) is 0 Å². The minimum absolute atomic E-state index is 0.0390. The molecule has 5 rings (SSSR count). The van der Waals surface area contributed by atoms with Gasteiger partial charge in [0, 0.05) is 65.4 Å². The number of pyridine rings is 1. The topological polar surface area (TPSA) is 77.1 Å². The zero-order valence-electron chi connectivity index (χ0n) is 24.0. The van der Waals surface area contributed by atoms with E-state index in [1.807, 2.05) is 68.8 Å². The number of ether oxygens (including phenoxy) is 2. The number of nitrogens with zero attached hydrogens (tertiary/aromatic N) is 6. The van der Waals surface area contributed by atoms with E-state index in [1.54, 1.807) is 6.20 Å².